The van der Waals surface area contributed by atoms with Crippen LogP contribution in [0.1, 0.15) is 23.0 Å². The predicted octanol–water partition coefficient (Wildman–Crippen LogP) is 2.02. The van der Waals surface area contributed by atoms with E-state index in [0.29, 0.717) is 17.1 Å². The van der Waals surface area contributed by atoms with Crippen molar-refractivity contribution in [1.29, 1.82) is 0 Å². The molecule has 0 saturated heterocycles. The zero-order valence-corrected chi connectivity index (χ0v) is 9.14. The summed E-state index contributed by atoms with van der Waals surface area (Å²) >= 11 is 0. The predicted molar refractivity (Wildman–Crippen MR) is 56.3 cm³/mol. The number of hydrogen-bond donors (Lipinski definition) is 0. The molecule has 2 rings (SSSR count). The van der Waals surface area contributed by atoms with Crippen LogP contribution in [0.25, 0.3) is 0 Å². The van der Waals surface area contributed by atoms with Gasteiger partial charge in [-0.05, 0) is 19.9 Å². The molecule has 84 valence electrons. The lowest BCUT2D eigenvalue weighted by Gasteiger charge is -1.99. The molecule has 2 aromatic rings. The number of carbonyl (C=O) groups excluding carboxylic acids is 1. The summed E-state index contributed by atoms with van der Waals surface area (Å²) in [5, 5.41) is 4.01. The Balaban J connectivity index is 2.11. The monoisotopic (exact) mass is 220 g/mol. The van der Waals surface area contributed by atoms with Crippen LogP contribution in [0, 0.1) is 6.92 Å². The van der Waals surface area contributed by atoms with Gasteiger partial charge in [-0.15, -0.1) is 0 Å². The van der Waals surface area contributed by atoms with Crippen LogP contribution in [0.15, 0.2) is 29.1 Å². The van der Waals surface area contributed by atoms with E-state index in [2.05, 4.69) is 5.10 Å². The summed E-state index contributed by atoms with van der Waals surface area (Å²) in [6, 6.07) is 1.59. The minimum atomic E-state index is -0.429. The second-order valence-electron chi connectivity index (χ2n) is 3.31. The third-order valence-corrected chi connectivity index (χ3v) is 2.22. The molecule has 0 aliphatic carbocycles. The molecule has 0 bridgehead atoms. The molecule has 5 nitrogen and oxygen atoms in total. The SMILES string of the molecule is CCn1cc(OC(=O)c2ccoc2C)cn1. The van der Waals surface area contributed by atoms with E-state index < -0.39 is 5.97 Å². The quantitative estimate of drug-likeness (QED) is 0.742. The van der Waals surface area contributed by atoms with Crippen LogP contribution >= 0.6 is 0 Å². The van der Waals surface area contributed by atoms with E-state index in [4.69, 9.17) is 9.15 Å². The summed E-state index contributed by atoms with van der Waals surface area (Å²) in [6.45, 7) is 4.41. The summed E-state index contributed by atoms with van der Waals surface area (Å²) < 4.78 is 11.9. The highest BCUT2D eigenvalue weighted by Crippen LogP contribution is 2.14. The molecule has 2 aromatic heterocycles. The highest BCUT2D eigenvalue weighted by Gasteiger charge is 2.14. The fourth-order valence-electron chi connectivity index (χ4n) is 1.33. The van der Waals surface area contributed by atoms with E-state index in [0.717, 1.165) is 6.54 Å². The zero-order chi connectivity index (χ0) is 11.5. The number of furan rings is 1. The van der Waals surface area contributed by atoms with Crippen LogP contribution in [0.2, 0.25) is 0 Å². The van der Waals surface area contributed by atoms with Crippen LogP contribution in [-0.2, 0) is 6.54 Å². The Hall–Kier alpha value is -2.04. The van der Waals surface area contributed by atoms with Gasteiger partial charge in [0, 0.05) is 6.54 Å². The van der Waals surface area contributed by atoms with E-state index in [9.17, 15) is 4.79 Å². The Kier molecular flexibility index (Phi) is 2.76. The zero-order valence-electron chi connectivity index (χ0n) is 9.14. The van der Waals surface area contributed by atoms with Gasteiger partial charge in [0.1, 0.15) is 11.3 Å². The third kappa shape index (κ3) is 1.98. The first-order valence-electron chi connectivity index (χ1n) is 4.99. The lowest BCUT2D eigenvalue weighted by molar-refractivity contribution is 0.0733. The standard InChI is InChI=1S/C11H12N2O3/c1-3-13-7-9(6-12-13)16-11(14)10-4-5-15-8(10)2/h4-7H,3H2,1-2H3. The fourth-order valence-corrected chi connectivity index (χ4v) is 1.33. The number of aromatic nitrogens is 2. The van der Waals surface area contributed by atoms with Crippen molar-refractivity contribution in [2.45, 2.75) is 20.4 Å². The maximum atomic E-state index is 11.7. The number of ether oxygens (including phenoxy) is 1. The van der Waals surface area contributed by atoms with Gasteiger partial charge in [-0.25, -0.2) is 4.79 Å². The third-order valence-electron chi connectivity index (χ3n) is 2.22. The van der Waals surface area contributed by atoms with Crippen molar-refractivity contribution in [3.8, 4) is 5.75 Å². The summed E-state index contributed by atoms with van der Waals surface area (Å²) in [5.74, 6) is 0.558. The van der Waals surface area contributed by atoms with Gasteiger partial charge in [-0.2, -0.15) is 5.10 Å². The molecule has 16 heavy (non-hydrogen) atoms. The second kappa shape index (κ2) is 4.22. The first kappa shape index (κ1) is 10.5. The molecular formula is C11H12N2O3. The first-order valence-corrected chi connectivity index (χ1v) is 4.99. The smallest absolute Gasteiger partial charge is 0.347 e. The normalized spacial score (nSPS) is 10.4. The molecule has 0 amide bonds. The molecule has 0 spiro atoms. The average Bonchev–Trinajstić information content (AvgIpc) is 2.86. The Morgan fingerprint density at radius 2 is 2.44 bits per heavy atom. The van der Waals surface area contributed by atoms with Crippen molar-refractivity contribution in [2.24, 2.45) is 0 Å². The number of hydrogen-bond acceptors (Lipinski definition) is 4. The molecule has 0 radical (unpaired) electrons. The average molecular weight is 220 g/mol. The molecule has 0 fully saturated rings. The Morgan fingerprint density at radius 1 is 1.62 bits per heavy atom. The maximum absolute atomic E-state index is 11.7. The summed E-state index contributed by atoms with van der Waals surface area (Å²) in [4.78, 5) is 11.7. The fraction of sp³-hybridized carbons (Fsp3) is 0.273. The molecular weight excluding hydrogens is 208 g/mol. The molecule has 0 atom stereocenters. The minimum absolute atomic E-state index is 0.429. The van der Waals surface area contributed by atoms with Gasteiger partial charge in [0.15, 0.2) is 5.75 Å². The van der Waals surface area contributed by atoms with Gasteiger partial charge >= 0.3 is 5.97 Å². The number of rotatable bonds is 3. The summed E-state index contributed by atoms with van der Waals surface area (Å²) in [5.41, 5.74) is 0.434. The highest BCUT2D eigenvalue weighted by molar-refractivity contribution is 5.91. The van der Waals surface area contributed by atoms with E-state index >= 15 is 0 Å². The maximum Gasteiger partial charge on any atom is 0.347 e. The van der Waals surface area contributed by atoms with Gasteiger partial charge in [-0.1, -0.05) is 0 Å². The molecule has 0 saturated carbocycles. The van der Waals surface area contributed by atoms with Crippen LogP contribution in [0.5, 0.6) is 5.75 Å². The topological polar surface area (TPSA) is 57.3 Å². The lowest BCUT2D eigenvalue weighted by atomic mass is 10.3. The van der Waals surface area contributed by atoms with Crippen molar-refractivity contribution >= 4 is 5.97 Å². The molecule has 5 heteroatoms. The van der Waals surface area contributed by atoms with E-state index in [1.165, 1.54) is 12.5 Å². The molecule has 0 unspecified atom stereocenters. The van der Waals surface area contributed by atoms with Crippen molar-refractivity contribution in [1.82, 2.24) is 9.78 Å². The van der Waals surface area contributed by atoms with Crippen LogP contribution in [0.3, 0.4) is 0 Å². The number of esters is 1. The number of nitrogens with zero attached hydrogens (tertiary/aromatic N) is 2. The molecule has 0 aliphatic heterocycles. The minimum Gasteiger partial charge on any atom is -0.469 e. The van der Waals surface area contributed by atoms with Gasteiger partial charge in [-0.3, -0.25) is 4.68 Å². The Morgan fingerprint density at radius 3 is 3.00 bits per heavy atom. The van der Waals surface area contributed by atoms with E-state index in [1.807, 2.05) is 6.92 Å². The van der Waals surface area contributed by atoms with Gasteiger partial charge in [0.25, 0.3) is 0 Å². The van der Waals surface area contributed by atoms with Crippen molar-refractivity contribution in [3.63, 3.8) is 0 Å². The van der Waals surface area contributed by atoms with Gasteiger partial charge in [0.05, 0.1) is 18.7 Å². The van der Waals surface area contributed by atoms with Crippen molar-refractivity contribution in [2.75, 3.05) is 0 Å². The molecule has 2 heterocycles. The molecule has 0 aromatic carbocycles. The number of aryl methyl sites for hydroxylation is 2. The van der Waals surface area contributed by atoms with Crippen LogP contribution < -0.4 is 4.74 Å². The second-order valence-corrected chi connectivity index (χ2v) is 3.31. The first-order chi connectivity index (χ1) is 7.70. The molecule has 0 aliphatic rings. The van der Waals surface area contributed by atoms with Crippen molar-refractivity contribution < 1.29 is 13.9 Å². The summed E-state index contributed by atoms with van der Waals surface area (Å²) in [7, 11) is 0. The lowest BCUT2D eigenvalue weighted by Crippen LogP contribution is -2.08. The van der Waals surface area contributed by atoms with Gasteiger partial charge < -0.3 is 9.15 Å². The Labute approximate surface area is 92.6 Å². The summed E-state index contributed by atoms with van der Waals surface area (Å²) in [6.07, 6.45) is 4.64. The number of carbonyl (C=O) groups is 1. The highest BCUT2D eigenvalue weighted by atomic mass is 16.5. The van der Waals surface area contributed by atoms with Gasteiger partial charge in [0.2, 0.25) is 0 Å². The van der Waals surface area contributed by atoms with E-state index in [1.54, 1.807) is 23.9 Å². The van der Waals surface area contributed by atoms with Crippen molar-refractivity contribution in [3.05, 3.63) is 36.0 Å². The van der Waals surface area contributed by atoms with Crippen LogP contribution in [0.4, 0.5) is 0 Å². The van der Waals surface area contributed by atoms with E-state index in [-0.39, 0.29) is 0 Å². The Bertz CT molecular complexity index is 499. The van der Waals surface area contributed by atoms with Crippen LogP contribution in [-0.4, -0.2) is 15.7 Å². The largest absolute Gasteiger partial charge is 0.469 e. The molecule has 0 N–H and O–H groups in total.